The minimum atomic E-state index is -0.514. The Morgan fingerprint density at radius 3 is 2.89 bits per heavy atom. The first kappa shape index (κ1) is 14.3. The van der Waals surface area contributed by atoms with Gasteiger partial charge in [-0.25, -0.2) is 14.5 Å². The molecule has 19 heavy (non-hydrogen) atoms. The van der Waals surface area contributed by atoms with Gasteiger partial charge in [-0.05, 0) is 12.2 Å². The molecule has 6 nitrogen and oxygen atoms in total. The van der Waals surface area contributed by atoms with Crippen LogP contribution in [0.3, 0.4) is 0 Å². The average molecular weight is 258 g/mol. The molecular weight excluding hydrogens is 244 g/mol. The van der Waals surface area contributed by atoms with Gasteiger partial charge in [0.2, 0.25) is 0 Å². The zero-order valence-corrected chi connectivity index (χ0v) is 10.8. The fraction of sp³-hybridized carbons (Fsp3) is 0.154. The second-order valence-corrected chi connectivity index (χ2v) is 3.54. The second-order valence-electron chi connectivity index (χ2n) is 3.54. The van der Waals surface area contributed by atoms with Gasteiger partial charge in [-0.1, -0.05) is 13.2 Å². The van der Waals surface area contributed by atoms with Crippen molar-refractivity contribution in [1.29, 1.82) is 5.26 Å². The molecular formula is C13H14N4O2. The predicted octanol–water partition coefficient (Wildman–Crippen LogP) is 1.21. The summed E-state index contributed by atoms with van der Waals surface area (Å²) < 4.78 is 6.08. The Morgan fingerprint density at radius 1 is 1.68 bits per heavy atom. The summed E-state index contributed by atoms with van der Waals surface area (Å²) in [7, 11) is 2.99. The highest BCUT2D eigenvalue weighted by Gasteiger charge is 2.10. The Balaban J connectivity index is 2.99. The third-order valence-electron chi connectivity index (χ3n) is 2.32. The van der Waals surface area contributed by atoms with Gasteiger partial charge in [-0.3, -0.25) is 5.01 Å². The molecule has 0 aliphatic heterocycles. The van der Waals surface area contributed by atoms with Gasteiger partial charge >= 0.3 is 5.97 Å². The van der Waals surface area contributed by atoms with E-state index in [1.165, 1.54) is 25.5 Å². The molecule has 0 aliphatic rings. The minimum absolute atomic E-state index is 0.202. The highest BCUT2D eigenvalue weighted by molar-refractivity contribution is 5.90. The van der Waals surface area contributed by atoms with Crippen LogP contribution in [0.15, 0.2) is 37.2 Å². The molecule has 0 amide bonds. The molecule has 0 aromatic carbocycles. The van der Waals surface area contributed by atoms with Crippen LogP contribution >= 0.6 is 0 Å². The molecule has 98 valence electrons. The molecule has 1 aromatic heterocycles. The number of methoxy groups -OCH3 is 1. The molecule has 0 unspecified atom stereocenters. The fourth-order valence-corrected chi connectivity index (χ4v) is 1.37. The molecule has 1 aromatic rings. The van der Waals surface area contributed by atoms with E-state index in [4.69, 9.17) is 5.26 Å². The molecule has 0 N–H and O–H groups in total. The highest BCUT2D eigenvalue weighted by atomic mass is 16.5. The van der Waals surface area contributed by atoms with E-state index in [9.17, 15) is 4.79 Å². The molecule has 1 heterocycles. The van der Waals surface area contributed by atoms with Crippen LogP contribution in [-0.2, 0) is 9.53 Å². The number of carbonyl (C=O) groups is 1. The van der Waals surface area contributed by atoms with Crippen LogP contribution < -0.4 is 5.01 Å². The van der Waals surface area contributed by atoms with E-state index in [0.29, 0.717) is 11.5 Å². The lowest BCUT2D eigenvalue weighted by Crippen LogP contribution is -2.26. The first-order valence-corrected chi connectivity index (χ1v) is 5.34. The van der Waals surface area contributed by atoms with Crippen LogP contribution in [0.1, 0.15) is 11.5 Å². The lowest BCUT2D eigenvalue weighted by Gasteiger charge is -2.18. The van der Waals surface area contributed by atoms with Crippen molar-refractivity contribution in [3.8, 4) is 6.07 Å². The lowest BCUT2D eigenvalue weighted by molar-refractivity contribution is -0.135. The van der Waals surface area contributed by atoms with Gasteiger partial charge in [0.25, 0.3) is 0 Å². The van der Waals surface area contributed by atoms with Crippen LogP contribution in [0, 0.1) is 11.3 Å². The number of hydrogen-bond donors (Lipinski definition) is 0. The van der Waals surface area contributed by atoms with Crippen molar-refractivity contribution in [1.82, 2.24) is 9.66 Å². The van der Waals surface area contributed by atoms with Gasteiger partial charge in [0.1, 0.15) is 6.07 Å². The van der Waals surface area contributed by atoms with Crippen molar-refractivity contribution in [3.63, 3.8) is 0 Å². The summed E-state index contributed by atoms with van der Waals surface area (Å²) >= 11 is 0. The third-order valence-corrected chi connectivity index (χ3v) is 2.32. The van der Waals surface area contributed by atoms with Crippen molar-refractivity contribution in [2.24, 2.45) is 0 Å². The average Bonchev–Trinajstić information content (AvgIpc) is 2.86. The first-order valence-electron chi connectivity index (χ1n) is 5.34. The maximum atomic E-state index is 11.2. The van der Waals surface area contributed by atoms with E-state index in [1.807, 2.05) is 6.07 Å². The molecule has 0 saturated heterocycles. The van der Waals surface area contributed by atoms with Crippen LogP contribution in [0.4, 0.5) is 0 Å². The number of rotatable bonds is 5. The SMILES string of the molecule is C=Cc1ncc(C#N)n1N(C)/C=C\C(=C)C(=O)OC. The summed E-state index contributed by atoms with van der Waals surface area (Å²) in [6.07, 6.45) is 6.03. The molecule has 0 aliphatic carbocycles. The normalized spacial score (nSPS) is 9.95. The Bertz CT molecular complexity index is 578. The Kier molecular flexibility index (Phi) is 4.66. The largest absolute Gasteiger partial charge is 0.465 e. The zero-order valence-electron chi connectivity index (χ0n) is 10.8. The number of esters is 1. The van der Waals surface area contributed by atoms with Crippen LogP contribution in [0.2, 0.25) is 0 Å². The Labute approximate surface area is 111 Å². The maximum Gasteiger partial charge on any atom is 0.337 e. The Morgan fingerprint density at radius 2 is 2.37 bits per heavy atom. The molecule has 6 heteroatoms. The van der Waals surface area contributed by atoms with E-state index in [-0.39, 0.29) is 5.57 Å². The molecule has 0 bridgehead atoms. The zero-order chi connectivity index (χ0) is 14.4. The van der Waals surface area contributed by atoms with Crippen molar-refractivity contribution in [2.45, 2.75) is 0 Å². The minimum Gasteiger partial charge on any atom is -0.465 e. The van der Waals surface area contributed by atoms with Crippen LogP contribution in [-0.4, -0.2) is 29.8 Å². The summed E-state index contributed by atoms with van der Waals surface area (Å²) in [5.74, 6) is 0.00659. The van der Waals surface area contributed by atoms with E-state index in [1.54, 1.807) is 22.9 Å². The topological polar surface area (TPSA) is 71.2 Å². The summed E-state index contributed by atoms with van der Waals surface area (Å²) in [5.41, 5.74) is 0.554. The van der Waals surface area contributed by atoms with Crippen molar-refractivity contribution < 1.29 is 9.53 Å². The lowest BCUT2D eigenvalue weighted by atomic mass is 10.3. The Hall–Kier alpha value is -2.81. The highest BCUT2D eigenvalue weighted by Crippen LogP contribution is 2.07. The van der Waals surface area contributed by atoms with Crippen molar-refractivity contribution >= 4 is 12.0 Å². The smallest absolute Gasteiger partial charge is 0.337 e. The molecule has 0 saturated carbocycles. The van der Waals surface area contributed by atoms with Gasteiger partial charge < -0.3 is 4.74 Å². The van der Waals surface area contributed by atoms with Gasteiger partial charge in [0.05, 0.1) is 18.9 Å². The third kappa shape index (κ3) is 3.10. The number of nitriles is 1. The summed E-state index contributed by atoms with van der Waals surface area (Å²) in [5, 5.41) is 10.6. The van der Waals surface area contributed by atoms with E-state index < -0.39 is 5.97 Å². The summed E-state index contributed by atoms with van der Waals surface area (Å²) in [4.78, 5) is 15.2. The van der Waals surface area contributed by atoms with Crippen molar-refractivity contribution in [2.75, 3.05) is 19.2 Å². The second kappa shape index (κ2) is 6.21. The molecule has 0 spiro atoms. The first-order chi connectivity index (χ1) is 9.04. The van der Waals surface area contributed by atoms with Gasteiger partial charge in [-0.15, -0.1) is 0 Å². The van der Waals surface area contributed by atoms with Gasteiger partial charge in [0, 0.05) is 13.2 Å². The molecule has 0 fully saturated rings. The molecule has 1 rings (SSSR count). The van der Waals surface area contributed by atoms with Gasteiger partial charge in [-0.2, -0.15) is 5.26 Å². The number of nitrogens with zero attached hydrogens (tertiary/aromatic N) is 4. The van der Waals surface area contributed by atoms with Crippen LogP contribution in [0.25, 0.3) is 6.08 Å². The van der Waals surface area contributed by atoms with E-state index >= 15 is 0 Å². The monoisotopic (exact) mass is 258 g/mol. The van der Waals surface area contributed by atoms with E-state index in [2.05, 4.69) is 22.9 Å². The number of hydrogen-bond acceptors (Lipinski definition) is 5. The standard InChI is InChI=1S/C13H14N4O2/c1-5-12-15-9-11(8-14)17(12)16(3)7-6-10(2)13(18)19-4/h5-7,9H,1-2H2,3-4H3/b7-6-. The molecule has 0 radical (unpaired) electrons. The maximum absolute atomic E-state index is 11.2. The quantitative estimate of drug-likeness (QED) is 0.451. The fourth-order valence-electron chi connectivity index (χ4n) is 1.37. The van der Waals surface area contributed by atoms with E-state index in [0.717, 1.165) is 0 Å². The summed E-state index contributed by atoms with van der Waals surface area (Å²) in [6.45, 7) is 7.19. The number of carbonyl (C=O) groups excluding carboxylic acids is 1. The van der Waals surface area contributed by atoms with Crippen molar-refractivity contribution in [3.05, 3.63) is 48.7 Å². The summed E-state index contributed by atoms with van der Waals surface area (Å²) in [6, 6.07) is 2.02. The number of imidazole rings is 1. The predicted molar refractivity (Wildman–Crippen MR) is 71.5 cm³/mol. The number of ether oxygens (including phenoxy) is 1. The number of aromatic nitrogens is 2. The van der Waals surface area contributed by atoms with Gasteiger partial charge in [0.15, 0.2) is 11.5 Å². The molecule has 0 atom stereocenters. The van der Waals surface area contributed by atoms with Crippen LogP contribution in [0.5, 0.6) is 0 Å².